The van der Waals surface area contributed by atoms with Gasteiger partial charge in [0, 0.05) is 31.3 Å². The highest BCUT2D eigenvalue weighted by molar-refractivity contribution is 9.10. The molecule has 33 heavy (non-hydrogen) atoms. The summed E-state index contributed by atoms with van der Waals surface area (Å²) in [5, 5.41) is 14.6. The fourth-order valence-electron chi connectivity index (χ4n) is 3.26. The zero-order valence-corrected chi connectivity index (χ0v) is 20.4. The minimum absolute atomic E-state index is 0.402. The van der Waals surface area contributed by atoms with E-state index in [1.54, 1.807) is 41.7 Å². The largest absolute Gasteiger partial charge is 0.422 e. The quantitative estimate of drug-likeness (QED) is 0.115. The lowest BCUT2D eigenvalue weighted by Gasteiger charge is -2.01. The molecule has 0 aliphatic heterocycles. The number of hydrazone groups is 1. The van der Waals surface area contributed by atoms with E-state index >= 15 is 0 Å². The van der Waals surface area contributed by atoms with Crippen LogP contribution in [0.1, 0.15) is 5.56 Å². The first-order valence-corrected chi connectivity index (χ1v) is 12.7. The summed E-state index contributed by atoms with van der Waals surface area (Å²) in [4.78, 5) is 18.1. The summed E-state index contributed by atoms with van der Waals surface area (Å²) in [5.74, 6) is 0. The van der Waals surface area contributed by atoms with Gasteiger partial charge in [-0.05, 0) is 42.7 Å². The van der Waals surface area contributed by atoms with Crippen molar-refractivity contribution in [3.05, 3.63) is 80.6 Å². The lowest BCUT2D eigenvalue weighted by molar-refractivity contribution is 0.563. The van der Waals surface area contributed by atoms with Crippen molar-refractivity contribution in [1.82, 2.24) is 15.2 Å². The summed E-state index contributed by atoms with van der Waals surface area (Å²) in [5.41, 5.74) is 6.72. The molecule has 0 amide bonds. The highest BCUT2D eigenvalue weighted by atomic mass is 79.9. The molecule has 0 aliphatic carbocycles. The number of hydrogen-bond acceptors (Lipinski definition) is 8. The van der Waals surface area contributed by atoms with E-state index in [1.807, 2.05) is 30.5 Å². The average Bonchev–Trinajstić information content (AvgIpc) is 3.49. The Hall–Kier alpha value is -3.21. The number of halogens is 1. The van der Waals surface area contributed by atoms with Crippen molar-refractivity contribution in [3.63, 3.8) is 0 Å². The molecule has 0 bridgehead atoms. The van der Waals surface area contributed by atoms with E-state index in [1.165, 1.54) is 16.2 Å². The number of aromatic nitrogens is 3. The van der Waals surface area contributed by atoms with Crippen LogP contribution in [-0.2, 0) is 0 Å². The molecule has 0 saturated carbocycles. The number of H-pyrrole nitrogens is 1. The first-order valence-electron chi connectivity index (χ1n) is 9.77. The van der Waals surface area contributed by atoms with Crippen molar-refractivity contribution in [1.29, 1.82) is 0 Å². The third-order valence-corrected chi connectivity index (χ3v) is 6.87. The summed E-state index contributed by atoms with van der Waals surface area (Å²) >= 11 is 6.49. The molecule has 164 valence electrons. The Balaban J connectivity index is 1.34. The van der Waals surface area contributed by atoms with Crippen molar-refractivity contribution in [2.24, 2.45) is 5.10 Å². The molecule has 0 aliphatic rings. The van der Waals surface area contributed by atoms with Crippen LogP contribution >= 0.6 is 39.0 Å². The molecule has 5 aromatic rings. The fourth-order valence-corrected chi connectivity index (χ4v) is 4.71. The standard InChI is InChI=1S/C23H16BrN5O2S2/c1-32-17-5-2-13(3-6-17)21-15(10-25-28-21)11-26-29-23-27-19(12-33-23)18-9-14-8-16(24)4-7-20(14)31-22(18)30/h2-12H,1H3,(H,25,28)(H,27,29)/b26-11+. The van der Waals surface area contributed by atoms with Crippen LogP contribution in [0.4, 0.5) is 5.13 Å². The van der Waals surface area contributed by atoms with Crippen LogP contribution < -0.4 is 11.1 Å². The van der Waals surface area contributed by atoms with Crippen LogP contribution in [0.3, 0.4) is 0 Å². The fraction of sp³-hybridized carbons (Fsp3) is 0.0435. The normalized spacial score (nSPS) is 11.5. The lowest BCUT2D eigenvalue weighted by atomic mass is 10.1. The van der Waals surface area contributed by atoms with E-state index in [2.05, 4.69) is 53.8 Å². The maximum absolute atomic E-state index is 12.4. The van der Waals surface area contributed by atoms with Gasteiger partial charge in [-0.15, -0.1) is 23.1 Å². The summed E-state index contributed by atoms with van der Waals surface area (Å²) in [6.07, 6.45) is 5.45. The molecule has 2 N–H and O–H groups in total. The number of thiazole rings is 1. The van der Waals surface area contributed by atoms with Crippen molar-refractivity contribution < 1.29 is 4.42 Å². The number of nitrogens with zero attached hydrogens (tertiary/aromatic N) is 3. The van der Waals surface area contributed by atoms with Gasteiger partial charge < -0.3 is 4.42 Å². The molecule has 5 rings (SSSR count). The van der Waals surface area contributed by atoms with Crippen molar-refractivity contribution in [2.45, 2.75) is 4.90 Å². The van der Waals surface area contributed by atoms with Gasteiger partial charge in [0.25, 0.3) is 0 Å². The van der Waals surface area contributed by atoms with Crippen LogP contribution in [0.15, 0.2) is 83.8 Å². The van der Waals surface area contributed by atoms with Crippen molar-refractivity contribution >= 4 is 61.3 Å². The molecule has 0 radical (unpaired) electrons. The number of rotatable bonds is 6. The summed E-state index contributed by atoms with van der Waals surface area (Å²) in [6.45, 7) is 0. The van der Waals surface area contributed by atoms with E-state index in [9.17, 15) is 4.79 Å². The zero-order valence-electron chi connectivity index (χ0n) is 17.2. The van der Waals surface area contributed by atoms with E-state index in [-0.39, 0.29) is 0 Å². The number of fused-ring (bicyclic) bond motifs is 1. The Bertz CT molecular complexity index is 1520. The molecule has 3 heterocycles. The number of benzene rings is 2. The van der Waals surface area contributed by atoms with E-state index in [4.69, 9.17) is 4.42 Å². The highest BCUT2D eigenvalue weighted by Crippen LogP contribution is 2.27. The number of aromatic amines is 1. The molecule has 3 aromatic heterocycles. The molecule has 0 saturated heterocycles. The van der Waals surface area contributed by atoms with E-state index in [0.717, 1.165) is 26.7 Å². The third-order valence-electron chi connectivity index (χ3n) is 4.89. The van der Waals surface area contributed by atoms with Crippen molar-refractivity contribution in [2.75, 3.05) is 11.7 Å². The lowest BCUT2D eigenvalue weighted by Crippen LogP contribution is -2.03. The number of hydrogen-bond donors (Lipinski definition) is 2. The second-order valence-electron chi connectivity index (χ2n) is 6.97. The zero-order chi connectivity index (χ0) is 22.8. The summed E-state index contributed by atoms with van der Waals surface area (Å²) in [7, 11) is 0. The SMILES string of the molecule is CSc1ccc(-c2[nH]ncc2/C=N/Nc2nc(-c3cc4cc(Br)ccc4oc3=O)cs2)cc1. The predicted molar refractivity (Wildman–Crippen MR) is 138 cm³/mol. The highest BCUT2D eigenvalue weighted by Gasteiger charge is 2.12. The molecule has 2 aromatic carbocycles. The number of thioether (sulfide) groups is 1. The number of anilines is 1. The van der Waals surface area contributed by atoms with Gasteiger partial charge in [-0.25, -0.2) is 9.78 Å². The third kappa shape index (κ3) is 4.63. The second kappa shape index (κ2) is 9.34. The van der Waals surface area contributed by atoms with Crippen LogP contribution in [0.5, 0.6) is 0 Å². The van der Waals surface area contributed by atoms with Gasteiger partial charge in [0.2, 0.25) is 5.13 Å². The van der Waals surface area contributed by atoms with Gasteiger partial charge in [0.15, 0.2) is 0 Å². The Morgan fingerprint density at radius 2 is 2.06 bits per heavy atom. The van der Waals surface area contributed by atoms with Gasteiger partial charge in [-0.1, -0.05) is 28.1 Å². The minimum Gasteiger partial charge on any atom is -0.422 e. The molecule has 10 heteroatoms. The molecule has 0 spiro atoms. The number of nitrogens with one attached hydrogen (secondary N) is 2. The molecule has 7 nitrogen and oxygen atoms in total. The molecule has 0 fully saturated rings. The smallest absolute Gasteiger partial charge is 0.345 e. The summed E-state index contributed by atoms with van der Waals surface area (Å²) < 4.78 is 6.34. The monoisotopic (exact) mass is 537 g/mol. The molecule has 0 unspecified atom stereocenters. The van der Waals surface area contributed by atoms with Gasteiger partial charge in [0.1, 0.15) is 5.58 Å². The Morgan fingerprint density at radius 3 is 2.88 bits per heavy atom. The minimum atomic E-state index is -0.430. The first-order chi connectivity index (χ1) is 16.1. The predicted octanol–water partition coefficient (Wildman–Crippen LogP) is 6.24. The summed E-state index contributed by atoms with van der Waals surface area (Å²) in [6, 6.07) is 15.5. The Labute approximate surface area is 205 Å². The Morgan fingerprint density at radius 1 is 1.21 bits per heavy atom. The van der Waals surface area contributed by atoms with Gasteiger partial charge in [-0.2, -0.15) is 10.2 Å². The molecular formula is C23H16BrN5O2S2. The molecular weight excluding hydrogens is 522 g/mol. The second-order valence-corrected chi connectivity index (χ2v) is 9.62. The Kier molecular flexibility index (Phi) is 6.12. The van der Waals surface area contributed by atoms with E-state index in [0.29, 0.717) is 22.0 Å². The van der Waals surface area contributed by atoms with Crippen LogP contribution in [0, 0.1) is 0 Å². The van der Waals surface area contributed by atoms with Crippen LogP contribution in [0.25, 0.3) is 33.5 Å². The van der Waals surface area contributed by atoms with Crippen LogP contribution in [0.2, 0.25) is 0 Å². The maximum Gasteiger partial charge on any atom is 0.345 e. The van der Waals surface area contributed by atoms with Gasteiger partial charge in [0.05, 0.1) is 29.4 Å². The average molecular weight is 538 g/mol. The van der Waals surface area contributed by atoms with Gasteiger partial charge >= 0.3 is 5.63 Å². The van der Waals surface area contributed by atoms with Crippen LogP contribution in [-0.4, -0.2) is 27.7 Å². The maximum atomic E-state index is 12.4. The van der Waals surface area contributed by atoms with Crippen molar-refractivity contribution in [3.8, 4) is 22.5 Å². The molecule has 0 atom stereocenters. The first kappa shape index (κ1) is 21.6. The van der Waals surface area contributed by atoms with E-state index < -0.39 is 5.63 Å². The van der Waals surface area contributed by atoms with Gasteiger partial charge in [-0.3, -0.25) is 10.5 Å². The topological polar surface area (TPSA) is 96.2 Å².